The number of aliphatic carboxylic acids is 1. The minimum Gasteiger partial charge on any atom is -0.481 e. The highest BCUT2D eigenvalue weighted by Crippen LogP contribution is 2.28. The molecule has 0 atom stereocenters. The van der Waals surface area contributed by atoms with Crippen LogP contribution in [0.1, 0.15) is 36.8 Å². The molecule has 4 nitrogen and oxygen atoms in total. The van der Waals surface area contributed by atoms with Crippen molar-refractivity contribution in [3.05, 3.63) is 35.1 Å². The molecule has 0 saturated heterocycles. The third-order valence-corrected chi connectivity index (χ3v) is 4.14. The first-order valence-electron chi connectivity index (χ1n) is 7.22. The van der Waals surface area contributed by atoms with Gasteiger partial charge in [0.15, 0.2) is 0 Å². The monoisotopic (exact) mass is 290 g/mol. The number of benzene rings is 1. The van der Waals surface area contributed by atoms with Gasteiger partial charge in [0.25, 0.3) is 0 Å². The molecule has 21 heavy (non-hydrogen) atoms. The minimum atomic E-state index is -0.697. The van der Waals surface area contributed by atoms with Crippen molar-refractivity contribution in [2.45, 2.75) is 32.2 Å². The van der Waals surface area contributed by atoms with Crippen LogP contribution in [0.2, 0.25) is 0 Å². The molecule has 2 rings (SSSR count). The lowest BCUT2D eigenvalue weighted by Gasteiger charge is -2.26. The van der Waals surface area contributed by atoms with E-state index in [2.05, 4.69) is 5.32 Å². The van der Waals surface area contributed by atoms with Gasteiger partial charge in [-0.05, 0) is 44.2 Å². The molecule has 1 saturated carbocycles. The van der Waals surface area contributed by atoms with Gasteiger partial charge < -0.3 is 10.4 Å². The number of nitrogens with zero attached hydrogens (tertiary/aromatic N) is 1. The van der Waals surface area contributed by atoms with Gasteiger partial charge in [0.1, 0.15) is 11.9 Å². The first-order chi connectivity index (χ1) is 10.1. The summed E-state index contributed by atoms with van der Waals surface area (Å²) in [5.41, 5.74) is 0.560. The zero-order valence-corrected chi connectivity index (χ0v) is 11.8. The van der Waals surface area contributed by atoms with E-state index >= 15 is 0 Å². The Morgan fingerprint density at radius 3 is 2.71 bits per heavy atom. The van der Waals surface area contributed by atoms with Crippen LogP contribution in [0.3, 0.4) is 0 Å². The van der Waals surface area contributed by atoms with Crippen LogP contribution in [-0.2, 0) is 11.3 Å². The molecule has 2 N–H and O–H groups in total. The molecular weight excluding hydrogens is 271 g/mol. The fourth-order valence-corrected chi connectivity index (χ4v) is 2.83. The molecule has 0 radical (unpaired) electrons. The Labute approximate surface area is 123 Å². The number of hydrogen-bond donors (Lipinski definition) is 2. The number of halogens is 1. The van der Waals surface area contributed by atoms with E-state index in [-0.39, 0.29) is 11.5 Å². The highest BCUT2D eigenvalue weighted by atomic mass is 19.1. The molecule has 0 amide bonds. The van der Waals surface area contributed by atoms with Gasteiger partial charge in [-0.3, -0.25) is 4.79 Å². The van der Waals surface area contributed by atoms with Crippen molar-refractivity contribution < 1.29 is 14.3 Å². The van der Waals surface area contributed by atoms with E-state index in [1.807, 2.05) is 6.07 Å². The first-order valence-corrected chi connectivity index (χ1v) is 7.22. The van der Waals surface area contributed by atoms with Crippen molar-refractivity contribution in [1.29, 1.82) is 5.26 Å². The van der Waals surface area contributed by atoms with Gasteiger partial charge in [0.05, 0.1) is 11.5 Å². The van der Waals surface area contributed by atoms with Crippen LogP contribution in [-0.4, -0.2) is 17.6 Å². The quantitative estimate of drug-likeness (QED) is 0.874. The topological polar surface area (TPSA) is 73.1 Å². The molecule has 0 bridgehead atoms. The molecule has 1 aliphatic carbocycles. The summed E-state index contributed by atoms with van der Waals surface area (Å²) in [5.74, 6) is -0.910. The average Bonchev–Trinajstić information content (AvgIpc) is 2.49. The Kier molecular flexibility index (Phi) is 5.29. The van der Waals surface area contributed by atoms with Crippen molar-refractivity contribution in [3.8, 4) is 6.07 Å². The van der Waals surface area contributed by atoms with Crippen LogP contribution in [0, 0.1) is 29.0 Å². The van der Waals surface area contributed by atoms with Crippen molar-refractivity contribution in [1.82, 2.24) is 5.32 Å². The first kappa shape index (κ1) is 15.5. The molecular formula is C16H19FN2O2. The second-order valence-electron chi connectivity index (χ2n) is 5.58. The van der Waals surface area contributed by atoms with Crippen LogP contribution >= 0.6 is 0 Å². The zero-order chi connectivity index (χ0) is 15.2. The maximum atomic E-state index is 13.9. The van der Waals surface area contributed by atoms with E-state index in [1.54, 1.807) is 12.1 Å². The number of carboxylic acids is 1. The molecule has 0 spiro atoms. The van der Waals surface area contributed by atoms with E-state index in [0.717, 1.165) is 32.2 Å². The van der Waals surface area contributed by atoms with Gasteiger partial charge in [-0.2, -0.15) is 5.26 Å². The summed E-state index contributed by atoms with van der Waals surface area (Å²) >= 11 is 0. The minimum absolute atomic E-state index is 0.0660. The third-order valence-electron chi connectivity index (χ3n) is 4.14. The van der Waals surface area contributed by atoms with E-state index in [1.165, 1.54) is 6.07 Å². The van der Waals surface area contributed by atoms with Crippen LogP contribution in [0.5, 0.6) is 0 Å². The van der Waals surface area contributed by atoms with Crippen LogP contribution in [0.4, 0.5) is 4.39 Å². The van der Waals surface area contributed by atoms with Crippen molar-refractivity contribution in [2.75, 3.05) is 6.54 Å². The van der Waals surface area contributed by atoms with Gasteiger partial charge in [-0.25, -0.2) is 4.39 Å². The van der Waals surface area contributed by atoms with Crippen LogP contribution in [0.15, 0.2) is 18.2 Å². The molecule has 1 aliphatic rings. The molecule has 0 heterocycles. The number of hydrogen-bond acceptors (Lipinski definition) is 3. The number of nitrogens with one attached hydrogen (secondary N) is 1. The molecule has 0 aromatic heterocycles. The third kappa shape index (κ3) is 4.02. The highest BCUT2D eigenvalue weighted by molar-refractivity contribution is 5.69. The van der Waals surface area contributed by atoms with Crippen molar-refractivity contribution in [3.63, 3.8) is 0 Å². The highest BCUT2D eigenvalue weighted by Gasteiger charge is 2.25. The molecule has 1 fully saturated rings. The Balaban J connectivity index is 1.78. The average molecular weight is 290 g/mol. The second-order valence-corrected chi connectivity index (χ2v) is 5.58. The summed E-state index contributed by atoms with van der Waals surface area (Å²) in [6.45, 7) is 1.14. The van der Waals surface area contributed by atoms with Crippen LogP contribution < -0.4 is 5.32 Å². The van der Waals surface area contributed by atoms with E-state index in [0.29, 0.717) is 18.0 Å². The molecule has 112 valence electrons. The molecule has 0 aliphatic heterocycles. The summed E-state index contributed by atoms with van der Waals surface area (Å²) in [6.07, 6.45) is 3.23. The number of carboxylic acid groups (broad SMARTS) is 1. The second kappa shape index (κ2) is 7.19. The van der Waals surface area contributed by atoms with E-state index < -0.39 is 11.8 Å². The smallest absolute Gasteiger partial charge is 0.306 e. The predicted molar refractivity (Wildman–Crippen MR) is 75.9 cm³/mol. The molecule has 5 heteroatoms. The van der Waals surface area contributed by atoms with Crippen LogP contribution in [0.25, 0.3) is 0 Å². The maximum absolute atomic E-state index is 13.9. The van der Waals surface area contributed by atoms with Gasteiger partial charge in [-0.15, -0.1) is 0 Å². The van der Waals surface area contributed by atoms with E-state index in [4.69, 9.17) is 10.4 Å². The molecule has 1 aromatic rings. The van der Waals surface area contributed by atoms with Crippen molar-refractivity contribution >= 4 is 5.97 Å². The summed E-state index contributed by atoms with van der Waals surface area (Å²) in [4.78, 5) is 10.9. The standard InChI is InChI=1S/C16H19FN2O2/c17-15-13(8-18)2-1-3-14(15)10-19-9-11-4-6-12(7-5-11)16(20)21/h1-3,11-12,19H,4-7,9-10H2,(H,20,21). The van der Waals surface area contributed by atoms with Gasteiger partial charge in [0.2, 0.25) is 0 Å². The predicted octanol–water partition coefficient (Wildman–Crippen LogP) is 2.68. The summed E-state index contributed by atoms with van der Waals surface area (Å²) in [7, 11) is 0. The largest absolute Gasteiger partial charge is 0.481 e. The number of nitriles is 1. The molecule has 1 aromatic carbocycles. The van der Waals surface area contributed by atoms with E-state index in [9.17, 15) is 9.18 Å². The van der Waals surface area contributed by atoms with Gasteiger partial charge in [0, 0.05) is 12.1 Å². The zero-order valence-electron chi connectivity index (χ0n) is 11.8. The van der Waals surface area contributed by atoms with Crippen molar-refractivity contribution in [2.24, 2.45) is 11.8 Å². The fourth-order valence-electron chi connectivity index (χ4n) is 2.83. The number of rotatable bonds is 5. The maximum Gasteiger partial charge on any atom is 0.306 e. The lowest BCUT2D eigenvalue weighted by atomic mass is 9.82. The summed E-state index contributed by atoms with van der Waals surface area (Å²) in [6, 6.07) is 6.65. The Hall–Kier alpha value is -1.93. The lowest BCUT2D eigenvalue weighted by molar-refractivity contribution is -0.143. The fraction of sp³-hybridized carbons (Fsp3) is 0.500. The molecule has 0 unspecified atom stereocenters. The SMILES string of the molecule is N#Cc1cccc(CNCC2CCC(C(=O)O)CC2)c1F. The summed E-state index contributed by atoms with van der Waals surface area (Å²) in [5, 5.41) is 20.9. The van der Waals surface area contributed by atoms with Gasteiger partial charge in [-0.1, -0.05) is 12.1 Å². The Morgan fingerprint density at radius 1 is 1.38 bits per heavy atom. The summed E-state index contributed by atoms with van der Waals surface area (Å²) < 4.78 is 13.9. The van der Waals surface area contributed by atoms with Gasteiger partial charge >= 0.3 is 5.97 Å². The normalized spacial score (nSPS) is 21.7. The number of carbonyl (C=O) groups is 1. The Bertz CT molecular complexity index is 546. The lowest BCUT2D eigenvalue weighted by Crippen LogP contribution is -2.28. The Morgan fingerprint density at radius 2 is 2.10 bits per heavy atom.